The first-order chi connectivity index (χ1) is 16.3. The van der Waals surface area contributed by atoms with Crippen LogP contribution in [0.4, 0.5) is 0 Å². The normalized spacial score (nSPS) is 17.9. The van der Waals surface area contributed by atoms with Gasteiger partial charge >= 0.3 is 5.97 Å². The maximum atomic E-state index is 14.0. The first-order valence-electron chi connectivity index (χ1n) is 12.8. The lowest BCUT2D eigenvalue weighted by Crippen LogP contribution is -2.34. The van der Waals surface area contributed by atoms with E-state index in [1.165, 1.54) is 18.1 Å². The van der Waals surface area contributed by atoms with E-state index in [1.807, 2.05) is 32.1 Å². The molecule has 0 heterocycles. The van der Waals surface area contributed by atoms with Crippen LogP contribution >= 0.6 is 0 Å². The summed E-state index contributed by atoms with van der Waals surface area (Å²) in [6, 6.07) is 7.29. The Morgan fingerprint density at radius 2 is 1.71 bits per heavy atom. The van der Waals surface area contributed by atoms with Gasteiger partial charge in [0, 0.05) is 6.92 Å². The summed E-state index contributed by atoms with van der Waals surface area (Å²) < 4.78 is 32.9. The summed E-state index contributed by atoms with van der Waals surface area (Å²) in [6.07, 6.45) is 10.6. The number of allylic oxidation sites excluding steroid dienone is 4. The van der Waals surface area contributed by atoms with Crippen molar-refractivity contribution in [2.75, 3.05) is 6.61 Å². The van der Waals surface area contributed by atoms with Gasteiger partial charge in [0.25, 0.3) is 0 Å². The van der Waals surface area contributed by atoms with Gasteiger partial charge in [-0.05, 0) is 102 Å². The monoisotopic (exact) mass is 500 g/mol. The van der Waals surface area contributed by atoms with Crippen molar-refractivity contribution >= 4 is 15.8 Å². The average molecular weight is 501 g/mol. The van der Waals surface area contributed by atoms with Crippen molar-refractivity contribution in [1.29, 1.82) is 0 Å². The second-order valence-corrected chi connectivity index (χ2v) is 12.9. The molecular weight excluding hydrogens is 456 g/mol. The maximum Gasteiger partial charge on any atom is 0.302 e. The topological polar surface area (TPSA) is 60.4 Å². The Kier molecular flexibility index (Phi) is 10.6. The van der Waals surface area contributed by atoms with Crippen LogP contribution in [0.2, 0.25) is 0 Å². The molecule has 4 nitrogen and oxygen atoms in total. The summed E-state index contributed by atoms with van der Waals surface area (Å²) in [7, 11) is -3.53. The molecule has 0 fully saturated rings. The van der Waals surface area contributed by atoms with Gasteiger partial charge in [-0.3, -0.25) is 4.79 Å². The Hall–Kier alpha value is -2.14. The van der Waals surface area contributed by atoms with E-state index in [-0.39, 0.29) is 11.4 Å². The van der Waals surface area contributed by atoms with Crippen molar-refractivity contribution in [3.8, 4) is 0 Å². The predicted octanol–water partition coefficient (Wildman–Crippen LogP) is 7.68. The minimum absolute atomic E-state index is 0.130. The molecule has 0 spiro atoms. The highest BCUT2D eigenvalue weighted by Gasteiger charge is 2.40. The Morgan fingerprint density at radius 3 is 2.31 bits per heavy atom. The van der Waals surface area contributed by atoms with Gasteiger partial charge in [-0.1, -0.05) is 54.3 Å². The van der Waals surface area contributed by atoms with E-state index in [4.69, 9.17) is 4.74 Å². The molecule has 0 radical (unpaired) electrons. The van der Waals surface area contributed by atoms with Gasteiger partial charge in [0.1, 0.15) is 6.61 Å². The molecule has 1 aromatic rings. The molecule has 1 unspecified atom stereocenters. The van der Waals surface area contributed by atoms with Gasteiger partial charge in [0.2, 0.25) is 0 Å². The van der Waals surface area contributed by atoms with Gasteiger partial charge < -0.3 is 4.74 Å². The molecule has 5 heteroatoms. The van der Waals surface area contributed by atoms with Crippen LogP contribution in [-0.4, -0.2) is 26.2 Å². The molecular formula is C30H44O4S. The van der Waals surface area contributed by atoms with Crippen molar-refractivity contribution in [2.45, 2.75) is 104 Å². The van der Waals surface area contributed by atoms with Crippen LogP contribution in [0, 0.1) is 12.3 Å². The summed E-state index contributed by atoms with van der Waals surface area (Å²) in [5.41, 5.74) is 5.59. The zero-order valence-corrected chi connectivity index (χ0v) is 23.6. The van der Waals surface area contributed by atoms with E-state index >= 15 is 0 Å². The molecule has 1 aliphatic rings. The fourth-order valence-corrected chi connectivity index (χ4v) is 7.28. The number of hydrogen-bond donors (Lipinski definition) is 0. The molecule has 0 N–H and O–H groups in total. The molecule has 194 valence electrons. The molecule has 0 bridgehead atoms. The van der Waals surface area contributed by atoms with Crippen LogP contribution in [0.1, 0.15) is 92.1 Å². The van der Waals surface area contributed by atoms with E-state index < -0.39 is 15.1 Å². The largest absolute Gasteiger partial charge is 0.462 e. The number of carbonyl (C=O) groups excluding carboxylic acids is 1. The molecule has 0 saturated carbocycles. The highest BCUT2D eigenvalue weighted by molar-refractivity contribution is 7.92. The second-order valence-electron chi connectivity index (χ2n) is 10.8. The van der Waals surface area contributed by atoms with Crippen molar-refractivity contribution in [1.82, 2.24) is 0 Å². The number of hydrogen-bond acceptors (Lipinski definition) is 4. The number of aryl methyl sites for hydroxylation is 1. The summed E-state index contributed by atoms with van der Waals surface area (Å²) in [5, 5.41) is -0.540. The number of sulfone groups is 1. The lowest BCUT2D eigenvalue weighted by Gasteiger charge is -2.39. The molecule has 35 heavy (non-hydrogen) atoms. The van der Waals surface area contributed by atoms with Crippen LogP contribution in [0.3, 0.4) is 0 Å². The van der Waals surface area contributed by atoms with Gasteiger partial charge in [0.15, 0.2) is 9.84 Å². The van der Waals surface area contributed by atoms with Gasteiger partial charge in [-0.25, -0.2) is 8.42 Å². The highest BCUT2D eigenvalue weighted by atomic mass is 32.2. The SMILES string of the molecule is CC(=O)OCC=C(C)CCCC=C(C)CC(C1=C(C)CCCC1(C)C)S(=O)(=O)c1ccc(C)cc1. The molecule has 1 atom stereocenters. The summed E-state index contributed by atoms with van der Waals surface area (Å²) in [4.78, 5) is 11.3. The number of rotatable bonds is 11. The fraction of sp³-hybridized carbons (Fsp3) is 0.567. The number of ether oxygens (including phenoxy) is 1. The third kappa shape index (κ3) is 8.49. The number of unbranched alkanes of at least 4 members (excludes halogenated alkanes) is 1. The molecule has 2 rings (SSSR count). The summed E-state index contributed by atoms with van der Waals surface area (Å²) >= 11 is 0. The second kappa shape index (κ2) is 12.7. The van der Waals surface area contributed by atoms with E-state index in [9.17, 15) is 13.2 Å². The average Bonchev–Trinajstić information content (AvgIpc) is 2.75. The van der Waals surface area contributed by atoms with E-state index in [0.717, 1.165) is 55.2 Å². The molecule has 0 amide bonds. The smallest absolute Gasteiger partial charge is 0.302 e. The van der Waals surface area contributed by atoms with E-state index in [1.54, 1.807) is 12.1 Å². The van der Waals surface area contributed by atoms with Crippen molar-refractivity contribution in [3.63, 3.8) is 0 Å². The third-order valence-electron chi connectivity index (χ3n) is 7.08. The summed E-state index contributed by atoms with van der Waals surface area (Å²) in [5.74, 6) is -0.269. The Morgan fingerprint density at radius 1 is 1.06 bits per heavy atom. The van der Waals surface area contributed by atoms with Crippen LogP contribution < -0.4 is 0 Å². The Labute approximate surface area is 213 Å². The number of carbonyl (C=O) groups is 1. The third-order valence-corrected chi connectivity index (χ3v) is 9.16. The first kappa shape index (κ1) is 29.1. The molecule has 1 aromatic carbocycles. The molecule has 1 aliphatic carbocycles. The summed E-state index contributed by atoms with van der Waals surface area (Å²) in [6.45, 7) is 14.3. The highest BCUT2D eigenvalue weighted by Crippen LogP contribution is 2.46. The minimum Gasteiger partial charge on any atom is -0.462 e. The first-order valence-corrected chi connectivity index (χ1v) is 14.3. The molecule has 0 aromatic heterocycles. The molecule has 0 aliphatic heterocycles. The Balaban J connectivity index is 2.23. The minimum atomic E-state index is -3.53. The zero-order valence-electron chi connectivity index (χ0n) is 22.7. The van der Waals surface area contributed by atoms with Gasteiger partial charge in [-0.15, -0.1) is 0 Å². The predicted molar refractivity (Wildman–Crippen MR) is 145 cm³/mol. The van der Waals surface area contributed by atoms with Crippen LogP contribution in [0.25, 0.3) is 0 Å². The maximum absolute atomic E-state index is 14.0. The van der Waals surface area contributed by atoms with E-state index in [0.29, 0.717) is 17.9 Å². The van der Waals surface area contributed by atoms with Crippen molar-refractivity contribution in [3.05, 3.63) is 64.3 Å². The van der Waals surface area contributed by atoms with Gasteiger partial charge in [0.05, 0.1) is 10.1 Å². The van der Waals surface area contributed by atoms with Gasteiger partial charge in [-0.2, -0.15) is 0 Å². The van der Waals surface area contributed by atoms with Crippen LogP contribution in [-0.2, 0) is 19.4 Å². The Bertz CT molecular complexity index is 1070. The fourth-order valence-electron chi connectivity index (χ4n) is 5.12. The van der Waals surface area contributed by atoms with Crippen molar-refractivity contribution < 1.29 is 17.9 Å². The lowest BCUT2D eigenvalue weighted by molar-refractivity contribution is -0.139. The van der Waals surface area contributed by atoms with Crippen LogP contribution in [0.5, 0.6) is 0 Å². The zero-order chi connectivity index (χ0) is 26.2. The molecule has 0 saturated heterocycles. The van der Waals surface area contributed by atoms with Crippen molar-refractivity contribution in [2.24, 2.45) is 5.41 Å². The lowest BCUT2D eigenvalue weighted by atomic mass is 9.70. The standard InChI is InChI=1S/C30H44O4S/c1-22(18-20-34-26(5)31)11-8-9-12-24(3)21-28(29-25(4)13-10-19-30(29,6)7)35(32,33)27-16-14-23(2)15-17-27/h12,14-18,28H,8-11,13,19-21H2,1-7H3. The van der Waals surface area contributed by atoms with E-state index in [2.05, 4.69) is 33.8 Å². The quantitative estimate of drug-likeness (QED) is 0.178. The number of benzene rings is 1. The van der Waals surface area contributed by atoms with Crippen LogP contribution in [0.15, 0.2) is 63.6 Å². The number of esters is 1.